The Morgan fingerprint density at radius 3 is 1.09 bits per heavy atom. The minimum absolute atomic E-state index is 0.101. The maximum Gasteiger partial charge on any atom is 0.306 e. The lowest BCUT2D eigenvalue weighted by Gasteiger charge is -2.18. The molecule has 318 valence electrons. The summed E-state index contributed by atoms with van der Waals surface area (Å²) < 4.78 is 16.6. The van der Waals surface area contributed by atoms with E-state index in [0.29, 0.717) is 19.3 Å². The molecular weight excluding hydrogens is 697 g/mol. The van der Waals surface area contributed by atoms with E-state index in [-0.39, 0.29) is 31.1 Å². The summed E-state index contributed by atoms with van der Waals surface area (Å²) in [6.07, 6.45) is 55.7. The molecule has 0 aliphatic rings. The van der Waals surface area contributed by atoms with Gasteiger partial charge in [0.1, 0.15) is 13.2 Å². The minimum atomic E-state index is -0.800. The number of unbranched alkanes of at least 4 members (excludes halogenated alkanes) is 14. The van der Waals surface area contributed by atoms with E-state index in [0.717, 1.165) is 141 Å². The summed E-state index contributed by atoms with van der Waals surface area (Å²) in [5, 5.41) is 0. The molecule has 56 heavy (non-hydrogen) atoms. The van der Waals surface area contributed by atoms with Crippen LogP contribution in [0.2, 0.25) is 0 Å². The smallest absolute Gasteiger partial charge is 0.306 e. The highest BCUT2D eigenvalue weighted by atomic mass is 16.6. The molecule has 0 saturated carbocycles. The Morgan fingerprint density at radius 2 is 0.696 bits per heavy atom. The number of ether oxygens (including phenoxy) is 3. The van der Waals surface area contributed by atoms with Crippen molar-refractivity contribution in [3.8, 4) is 0 Å². The molecular formula is C50H82O6. The zero-order valence-corrected chi connectivity index (χ0v) is 36.1. The van der Waals surface area contributed by atoms with Crippen LogP contribution in [0.1, 0.15) is 194 Å². The molecule has 0 radical (unpaired) electrons. The molecule has 0 aromatic heterocycles. The highest BCUT2D eigenvalue weighted by molar-refractivity contribution is 5.71. The largest absolute Gasteiger partial charge is 0.462 e. The molecule has 0 bridgehead atoms. The third-order valence-corrected chi connectivity index (χ3v) is 9.11. The molecule has 0 aliphatic carbocycles. The summed E-state index contributed by atoms with van der Waals surface area (Å²) in [7, 11) is 0. The van der Waals surface area contributed by atoms with E-state index >= 15 is 0 Å². The highest BCUT2D eigenvalue weighted by Crippen LogP contribution is 2.12. The number of esters is 3. The zero-order chi connectivity index (χ0) is 40.8. The highest BCUT2D eigenvalue weighted by Gasteiger charge is 2.19. The summed E-state index contributed by atoms with van der Waals surface area (Å²) in [5.74, 6) is -0.968. The van der Waals surface area contributed by atoms with E-state index in [1.54, 1.807) is 0 Å². The lowest BCUT2D eigenvalue weighted by atomic mass is 10.1. The second-order valence-corrected chi connectivity index (χ2v) is 14.5. The molecule has 0 rings (SSSR count). The van der Waals surface area contributed by atoms with E-state index in [9.17, 15) is 14.4 Å². The van der Waals surface area contributed by atoms with Crippen LogP contribution in [0.3, 0.4) is 0 Å². The van der Waals surface area contributed by atoms with Crippen molar-refractivity contribution >= 4 is 17.9 Å². The fourth-order valence-corrected chi connectivity index (χ4v) is 5.74. The standard InChI is InChI=1S/C50H82O6/c1-4-7-10-13-16-19-22-24-26-28-31-34-37-40-43-49(52)55-46-47(45-54-48(51)42-39-36-33-30-21-18-15-12-9-6-3)56-50(53)44-41-38-35-32-29-27-25-23-20-17-14-11-8-5-2/h7-8,10-11,15-20,24-27,47H,4-6,9,12-14,21-23,28-46H2,1-3H3/b10-7-,11-8-,18-15-,19-16-,20-17-,26-24-,27-25-. The van der Waals surface area contributed by atoms with Crippen LogP contribution in [0.15, 0.2) is 85.1 Å². The molecule has 6 nitrogen and oxygen atoms in total. The second kappa shape index (κ2) is 44.3. The van der Waals surface area contributed by atoms with Gasteiger partial charge in [-0.3, -0.25) is 14.4 Å². The lowest BCUT2D eigenvalue weighted by Crippen LogP contribution is -2.30. The molecule has 0 heterocycles. The van der Waals surface area contributed by atoms with Gasteiger partial charge in [0.2, 0.25) is 0 Å². The fraction of sp³-hybridized carbons (Fsp3) is 0.660. The average molecular weight is 779 g/mol. The molecule has 0 aromatic carbocycles. The molecule has 0 spiro atoms. The topological polar surface area (TPSA) is 78.9 Å². The van der Waals surface area contributed by atoms with Gasteiger partial charge in [0.15, 0.2) is 6.10 Å². The quantitative estimate of drug-likeness (QED) is 0.0268. The first-order chi connectivity index (χ1) is 27.5. The van der Waals surface area contributed by atoms with Gasteiger partial charge in [-0.15, -0.1) is 0 Å². The Kier molecular flexibility index (Phi) is 41.6. The van der Waals surface area contributed by atoms with Gasteiger partial charge in [0, 0.05) is 19.3 Å². The number of allylic oxidation sites excluding steroid dienone is 14. The second-order valence-electron chi connectivity index (χ2n) is 14.5. The first kappa shape index (κ1) is 52.6. The summed E-state index contributed by atoms with van der Waals surface area (Å²) in [5.41, 5.74) is 0. The molecule has 0 saturated heterocycles. The Labute approximate surface area is 344 Å². The number of carbonyl (C=O) groups is 3. The van der Waals surface area contributed by atoms with Crippen LogP contribution in [-0.2, 0) is 28.6 Å². The predicted molar refractivity (Wildman–Crippen MR) is 237 cm³/mol. The van der Waals surface area contributed by atoms with Gasteiger partial charge in [-0.05, 0) is 103 Å². The maximum absolute atomic E-state index is 12.7. The molecule has 1 unspecified atom stereocenters. The number of carbonyl (C=O) groups excluding carboxylic acids is 3. The maximum atomic E-state index is 12.7. The Morgan fingerprint density at radius 1 is 0.375 bits per heavy atom. The first-order valence-electron chi connectivity index (χ1n) is 22.6. The summed E-state index contributed by atoms with van der Waals surface area (Å²) in [4.78, 5) is 37.7. The van der Waals surface area contributed by atoms with Crippen molar-refractivity contribution in [2.75, 3.05) is 13.2 Å². The van der Waals surface area contributed by atoms with Gasteiger partial charge >= 0.3 is 17.9 Å². The van der Waals surface area contributed by atoms with Gasteiger partial charge < -0.3 is 14.2 Å². The SMILES string of the molecule is CC/C=C\C/C=C\C/C=C\CCCCCCC(=O)OCC(COC(=O)CCCCCC/C=C\CCCC)OC(=O)CCCCCC/C=C\C/C=C\C/C=C\CC. The van der Waals surface area contributed by atoms with E-state index in [4.69, 9.17) is 14.2 Å². The Balaban J connectivity index is 4.48. The van der Waals surface area contributed by atoms with Crippen LogP contribution in [0.25, 0.3) is 0 Å². The number of hydrogen-bond acceptors (Lipinski definition) is 6. The Bertz CT molecular complexity index is 1120. The summed E-state index contributed by atoms with van der Waals surface area (Å²) in [6, 6.07) is 0. The predicted octanol–water partition coefficient (Wildman–Crippen LogP) is 14.5. The lowest BCUT2D eigenvalue weighted by molar-refractivity contribution is -0.167. The van der Waals surface area contributed by atoms with Gasteiger partial charge in [-0.1, -0.05) is 157 Å². The molecule has 1 atom stereocenters. The molecule has 0 N–H and O–H groups in total. The van der Waals surface area contributed by atoms with E-state index in [1.165, 1.54) is 12.8 Å². The van der Waals surface area contributed by atoms with E-state index < -0.39 is 6.10 Å². The van der Waals surface area contributed by atoms with Crippen molar-refractivity contribution in [2.24, 2.45) is 0 Å². The van der Waals surface area contributed by atoms with Crippen molar-refractivity contribution in [1.82, 2.24) is 0 Å². The fourth-order valence-electron chi connectivity index (χ4n) is 5.74. The van der Waals surface area contributed by atoms with Gasteiger partial charge in [0.05, 0.1) is 0 Å². The van der Waals surface area contributed by atoms with Crippen LogP contribution >= 0.6 is 0 Å². The number of hydrogen-bond donors (Lipinski definition) is 0. The van der Waals surface area contributed by atoms with E-state index in [2.05, 4.69) is 106 Å². The molecule has 6 heteroatoms. The molecule has 0 fully saturated rings. The van der Waals surface area contributed by atoms with Crippen molar-refractivity contribution < 1.29 is 28.6 Å². The Hall–Kier alpha value is -3.41. The third kappa shape index (κ3) is 41.7. The van der Waals surface area contributed by atoms with Crippen LogP contribution in [0, 0.1) is 0 Å². The zero-order valence-electron chi connectivity index (χ0n) is 36.1. The number of rotatable bonds is 39. The molecule has 0 aromatic rings. The van der Waals surface area contributed by atoms with Gasteiger partial charge in [-0.2, -0.15) is 0 Å². The van der Waals surface area contributed by atoms with Crippen LogP contribution in [0.5, 0.6) is 0 Å². The van der Waals surface area contributed by atoms with Crippen LogP contribution < -0.4 is 0 Å². The van der Waals surface area contributed by atoms with Gasteiger partial charge in [-0.25, -0.2) is 0 Å². The third-order valence-electron chi connectivity index (χ3n) is 9.11. The first-order valence-corrected chi connectivity index (χ1v) is 22.6. The monoisotopic (exact) mass is 779 g/mol. The van der Waals surface area contributed by atoms with Crippen LogP contribution in [0.4, 0.5) is 0 Å². The minimum Gasteiger partial charge on any atom is -0.462 e. The van der Waals surface area contributed by atoms with Crippen molar-refractivity contribution in [3.05, 3.63) is 85.1 Å². The molecule has 0 amide bonds. The van der Waals surface area contributed by atoms with E-state index in [1.807, 2.05) is 0 Å². The van der Waals surface area contributed by atoms with Crippen molar-refractivity contribution in [1.29, 1.82) is 0 Å². The average Bonchev–Trinajstić information content (AvgIpc) is 3.19. The summed E-state index contributed by atoms with van der Waals surface area (Å²) >= 11 is 0. The van der Waals surface area contributed by atoms with Crippen molar-refractivity contribution in [3.63, 3.8) is 0 Å². The van der Waals surface area contributed by atoms with Crippen LogP contribution in [-0.4, -0.2) is 37.2 Å². The normalized spacial score (nSPS) is 12.8. The molecule has 0 aliphatic heterocycles. The summed E-state index contributed by atoms with van der Waals surface area (Å²) in [6.45, 7) is 6.29. The van der Waals surface area contributed by atoms with Gasteiger partial charge in [0.25, 0.3) is 0 Å². The van der Waals surface area contributed by atoms with Crippen molar-refractivity contribution in [2.45, 2.75) is 200 Å².